The van der Waals surface area contributed by atoms with Crippen molar-refractivity contribution in [2.24, 2.45) is 11.3 Å². The smallest absolute Gasteiger partial charge is 0.121 e. The lowest BCUT2D eigenvalue weighted by Gasteiger charge is -2.22. The molecule has 1 N–H and O–H groups in total. The molecule has 0 radical (unpaired) electrons. The fraction of sp³-hybridized carbons (Fsp3) is 0.625. The molecule has 2 heteroatoms. The van der Waals surface area contributed by atoms with E-state index in [2.05, 4.69) is 51.2 Å². The van der Waals surface area contributed by atoms with E-state index in [0.29, 0.717) is 17.4 Å². The summed E-state index contributed by atoms with van der Waals surface area (Å²) < 4.78 is 5.75. The molecule has 0 amide bonds. The van der Waals surface area contributed by atoms with E-state index >= 15 is 0 Å². The number of benzene rings is 1. The summed E-state index contributed by atoms with van der Waals surface area (Å²) in [4.78, 5) is 0. The highest BCUT2D eigenvalue weighted by molar-refractivity contribution is 5.49. The second kappa shape index (κ2) is 5.21. The minimum atomic E-state index is 0.495. The van der Waals surface area contributed by atoms with Gasteiger partial charge in [-0.2, -0.15) is 0 Å². The van der Waals surface area contributed by atoms with Gasteiger partial charge in [0.05, 0.1) is 6.61 Å². The van der Waals surface area contributed by atoms with Crippen LogP contribution in [-0.4, -0.2) is 12.6 Å². The van der Waals surface area contributed by atoms with Gasteiger partial charge in [-0.25, -0.2) is 0 Å². The normalized spacial score (nSPS) is 18.5. The van der Waals surface area contributed by atoms with E-state index in [1.165, 1.54) is 12.8 Å². The summed E-state index contributed by atoms with van der Waals surface area (Å²) in [5.74, 6) is 1.52. The third-order valence-electron chi connectivity index (χ3n) is 3.88. The second-order valence-corrected chi connectivity index (χ2v) is 6.25. The maximum absolute atomic E-state index is 5.75. The van der Waals surface area contributed by atoms with Gasteiger partial charge < -0.3 is 10.1 Å². The van der Waals surface area contributed by atoms with Gasteiger partial charge in [0, 0.05) is 17.8 Å². The lowest BCUT2D eigenvalue weighted by Crippen LogP contribution is -2.24. The van der Waals surface area contributed by atoms with Crippen molar-refractivity contribution in [2.75, 3.05) is 11.9 Å². The van der Waals surface area contributed by atoms with Crippen molar-refractivity contribution in [1.29, 1.82) is 0 Å². The van der Waals surface area contributed by atoms with Crippen molar-refractivity contribution in [2.45, 2.75) is 46.6 Å². The quantitative estimate of drug-likeness (QED) is 0.808. The Kier molecular flexibility index (Phi) is 3.84. The fourth-order valence-corrected chi connectivity index (χ4v) is 1.99. The SMILES string of the molecule is CC(C)COc1cccc(NC(C)C2(C)CC2)c1. The Morgan fingerprint density at radius 2 is 2.00 bits per heavy atom. The molecule has 0 aliphatic heterocycles. The average molecular weight is 247 g/mol. The van der Waals surface area contributed by atoms with Crippen molar-refractivity contribution in [3.8, 4) is 5.75 Å². The predicted octanol–water partition coefficient (Wildman–Crippen LogP) is 4.32. The van der Waals surface area contributed by atoms with Crippen LogP contribution in [0.4, 0.5) is 5.69 Å². The van der Waals surface area contributed by atoms with Crippen molar-refractivity contribution in [1.82, 2.24) is 0 Å². The van der Waals surface area contributed by atoms with E-state index in [0.717, 1.165) is 18.0 Å². The van der Waals surface area contributed by atoms with Crippen LogP contribution in [-0.2, 0) is 0 Å². The highest BCUT2D eigenvalue weighted by atomic mass is 16.5. The van der Waals surface area contributed by atoms with E-state index in [9.17, 15) is 0 Å². The zero-order valence-corrected chi connectivity index (χ0v) is 12.0. The molecule has 1 aliphatic carbocycles. The van der Waals surface area contributed by atoms with Crippen molar-refractivity contribution >= 4 is 5.69 Å². The number of hydrogen-bond acceptors (Lipinski definition) is 2. The lowest BCUT2D eigenvalue weighted by molar-refractivity contribution is 0.271. The Morgan fingerprint density at radius 3 is 2.61 bits per heavy atom. The largest absolute Gasteiger partial charge is 0.493 e. The van der Waals surface area contributed by atoms with Gasteiger partial charge in [0.25, 0.3) is 0 Å². The Morgan fingerprint density at radius 1 is 1.28 bits per heavy atom. The topological polar surface area (TPSA) is 21.3 Å². The predicted molar refractivity (Wildman–Crippen MR) is 77.2 cm³/mol. The summed E-state index contributed by atoms with van der Waals surface area (Å²) >= 11 is 0. The third kappa shape index (κ3) is 3.41. The molecule has 1 fully saturated rings. The van der Waals surface area contributed by atoms with Gasteiger partial charge >= 0.3 is 0 Å². The lowest BCUT2D eigenvalue weighted by atomic mass is 10.0. The van der Waals surface area contributed by atoms with Gasteiger partial charge in [0.1, 0.15) is 5.75 Å². The highest BCUT2D eigenvalue weighted by Gasteiger charge is 2.42. The molecular weight excluding hydrogens is 222 g/mol. The summed E-state index contributed by atoms with van der Waals surface area (Å²) in [5.41, 5.74) is 1.66. The number of anilines is 1. The third-order valence-corrected chi connectivity index (χ3v) is 3.88. The zero-order chi connectivity index (χ0) is 13.2. The zero-order valence-electron chi connectivity index (χ0n) is 12.0. The molecule has 0 heterocycles. The monoisotopic (exact) mass is 247 g/mol. The number of rotatable bonds is 6. The Labute approximate surface area is 111 Å². The maximum Gasteiger partial charge on any atom is 0.121 e. The van der Waals surface area contributed by atoms with Gasteiger partial charge in [-0.3, -0.25) is 0 Å². The maximum atomic E-state index is 5.75. The minimum absolute atomic E-state index is 0.495. The summed E-state index contributed by atoms with van der Waals surface area (Å²) in [6.07, 6.45) is 2.68. The summed E-state index contributed by atoms with van der Waals surface area (Å²) in [6, 6.07) is 8.82. The minimum Gasteiger partial charge on any atom is -0.493 e. The van der Waals surface area contributed by atoms with Crippen molar-refractivity contribution < 1.29 is 4.74 Å². The van der Waals surface area contributed by atoms with E-state index in [-0.39, 0.29) is 0 Å². The molecule has 1 aliphatic rings. The fourth-order valence-electron chi connectivity index (χ4n) is 1.99. The Bertz CT molecular complexity index is 396. The first kappa shape index (κ1) is 13.3. The van der Waals surface area contributed by atoms with Crippen LogP contribution >= 0.6 is 0 Å². The van der Waals surface area contributed by atoms with E-state index in [1.54, 1.807) is 0 Å². The first-order valence-electron chi connectivity index (χ1n) is 6.99. The van der Waals surface area contributed by atoms with Gasteiger partial charge in [-0.15, -0.1) is 0 Å². The van der Waals surface area contributed by atoms with E-state index in [1.807, 2.05) is 6.07 Å². The first-order chi connectivity index (χ1) is 8.49. The molecule has 1 unspecified atom stereocenters. The van der Waals surface area contributed by atoms with Gasteiger partial charge in [-0.05, 0) is 43.2 Å². The molecule has 1 atom stereocenters. The van der Waals surface area contributed by atoms with Crippen LogP contribution in [0.2, 0.25) is 0 Å². The molecule has 0 saturated heterocycles. The average Bonchev–Trinajstić information content (AvgIpc) is 3.07. The Hall–Kier alpha value is -1.18. The molecule has 18 heavy (non-hydrogen) atoms. The van der Waals surface area contributed by atoms with E-state index < -0.39 is 0 Å². The first-order valence-corrected chi connectivity index (χ1v) is 6.99. The highest BCUT2D eigenvalue weighted by Crippen LogP contribution is 2.48. The van der Waals surface area contributed by atoms with Crippen LogP contribution in [0.1, 0.15) is 40.5 Å². The van der Waals surface area contributed by atoms with Crippen LogP contribution in [0.5, 0.6) is 5.75 Å². The molecule has 1 aromatic rings. The van der Waals surface area contributed by atoms with Crippen LogP contribution in [0.25, 0.3) is 0 Å². The van der Waals surface area contributed by atoms with Crippen molar-refractivity contribution in [3.05, 3.63) is 24.3 Å². The molecule has 0 bridgehead atoms. The molecule has 0 spiro atoms. The molecule has 0 aromatic heterocycles. The van der Waals surface area contributed by atoms with E-state index in [4.69, 9.17) is 4.74 Å². The van der Waals surface area contributed by atoms with Gasteiger partial charge in [0.15, 0.2) is 0 Å². The van der Waals surface area contributed by atoms with Crippen LogP contribution in [0, 0.1) is 11.3 Å². The number of ether oxygens (including phenoxy) is 1. The van der Waals surface area contributed by atoms with Crippen LogP contribution < -0.4 is 10.1 Å². The molecule has 100 valence electrons. The van der Waals surface area contributed by atoms with Gasteiger partial charge in [-0.1, -0.05) is 26.8 Å². The summed E-state index contributed by atoms with van der Waals surface area (Å²) in [6.45, 7) is 9.73. The standard InChI is InChI=1S/C16H25NO/c1-12(2)11-18-15-7-5-6-14(10-15)17-13(3)16(4)8-9-16/h5-7,10,12-13,17H,8-9,11H2,1-4H3. The summed E-state index contributed by atoms with van der Waals surface area (Å²) in [7, 11) is 0. The van der Waals surface area contributed by atoms with Crippen LogP contribution in [0.15, 0.2) is 24.3 Å². The molecule has 1 saturated carbocycles. The van der Waals surface area contributed by atoms with Crippen molar-refractivity contribution in [3.63, 3.8) is 0 Å². The second-order valence-electron chi connectivity index (χ2n) is 6.25. The Balaban J connectivity index is 1.94. The number of nitrogens with one attached hydrogen (secondary N) is 1. The molecule has 2 nitrogen and oxygen atoms in total. The van der Waals surface area contributed by atoms with Crippen LogP contribution in [0.3, 0.4) is 0 Å². The number of hydrogen-bond donors (Lipinski definition) is 1. The molecule has 1 aromatic carbocycles. The molecule has 2 rings (SSSR count). The molecular formula is C16H25NO. The summed E-state index contributed by atoms with van der Waals surface area (Å²) in [5, 5.41) is 3.59. The van der Waals surface area contributed by atoms with Gasteiger partial charge in [0.2, 0.25) is 0 Å².